The topological polar surface area (TPSA) is 49.3 Å². The Hall–Kier alpha value is -0.990. The first-order chi connectivity index (χ1) is 11.7. The second-order valence-electron chi connectivity index (χ2n) is 6.97. The van der Waals surface area contributed by atoms with E-state index in [9.17, 15) is 4.79 Å². The average Bonchev–Trinajstić information content (AvgIpc) is 2.54. The lowest BCUT2D eigenvalue weighted by molar-refractivity contribution is -0.121. The third-order valence-electron chi connectivity index (χ3n) is 4.49. The summed E-state index contributed by atoms with van der Waals surface area (Å²) >= 11 is 0. The number of aliphatic hydroxyl groups excluding tert-OH is 1. The van der Waals surface area contributed by atoms with Crippen LogP contribution in [0.1, 0.15) is 110 Å². The van der Waals surface area contributed by atoms with Crippen molar-refractivity contribution in [2.75, 3.05) is 6.54 Å². The van der Waals surface area contributed by atoms with Gasteiger partial charge >= 0.3 is 0 Å². The van der Waals surface area contributed by atoms with Crippen LogP contribution in [0, 0.1) is 0 Å². The molecule has 0 aromatic carbocycles. The van der Waals surface area contributed by atoms with Crippen LogP contribution in [-0.2, 0) is 4.79 Å². The molecule has 0 aliphatic carbocycles. The van der Waals surface area contributed by atoms with E-state index < -0.39 is 0 Å². The number of rotatable bonds is 18. The molecule has 0 heterocycles. The van der Waals surface area contributed by atoms with E-state index in [1.165, 1.54) is 77.0 Å². The lowest BCUT2D eigenvalue weighted by Crippen LogP contribution is -2.21. The summed E-state index contributed by atoms with van der Waals surface area (Å²) in [6.07, 6.45) is 19.5. The van der Waals surface area contributed by atoms with Crippen molar-refractivity contribution in [3.63, 3.8) is 0 Å². The number of allylic oxidation sites excluding steroid dienone is 1. The Morgan fingerprint density at radius 2 is 1.04 bits per heavy atom. The minimum Gasteiger partial charge on any atom is -0.513 e. The molecule has 0 spiro atoms. The highest BCUT2D eigenvalue weighted by atomic mass is 16.3. The third-order valence-corrected chi connectivity index (χ3v) is 4.49. The molecule has 0 rings (SSSR count). The normalized spacial score (nSPS) is 10.7. The zero-order valence-corrected chi connectivity index (χ0v) is 16.1. The molecule has 0 bridgehead atoms. The predicted octanol–water partition coefficient (Wildman–Crippen LogP) is 6.44. The van der Waals surface area contributed by atoms with Crippen molar-refractivity contribution in [2.24, 2.45) is 0 Å². The molecule has 24 heavy (non-hydrogen) atoms. The van der Waals surface area contributed by atoms with Crippen molar-refractivity contribution in [3.8, 4) is 0 Å². The molecule has 0 aromatic heterocycles. The highest BCUT2D eigenvalue weighted by Gasteiger charge is 1.99. The fourth-order valence-corrected chi connectivity index (χ4v) is 3.02. The van der Waals surface area contributed by atoms with Gasteiger partial charge in [-0.2, -0.15) is 0 Å². The molecule has 3 heteroatoms. The highest BCUT2D eigenvalue weighted by Crippen LogP contribution is 2.14. The summed E-state index contributed by atoms with van der Waals surface area (Å²) in [5, 5.41) is 11.8. The molecule has 0 saturated carbocycles. The van der Waals surface area contributed by atoms with Gasteiger partial charge in [-0.3, -0.25) is 4.79 Å². The van der Waals surface area contributed by atoms with Crippen LogP contribution in [0.2, 0.25) is 0 Å². The molecule has 1 amide bonds. The van der Waals surface area contributed by atoms with Gasteiger partial charge in [-0.25, -0.2) is 0 Å². The van der Waals surface area contributed by atoms with E-state index in [0.29, 0.717) is 12.2 Å². The zero-order valence-electron chi connectivity index (χ0n) is 16.1. The van der Waals surface area contributed by atoms with Crippen molar-refractivity contribution in [3.05, 3.63) is 12.3 Å². The largest absolute Gasteiger partial charge is 0.513 e. The van der Waals surface area contributed by atoms with Gasteiger partial charge in [-0.1, -0.05) is 83.6 Å². The first-order valence-corrected chi connectivity index (χ1v) is 10.3. The van der Waals surface area contributed by atoms with Crippen molar-refractivity contribution in [1.29, 1.82) is 0 Å². The number of unbranched alkanes of at least 4 members (excludes halogenated alkanes) is 13. The minimum absolute atomic E-state index is 0.205. The van der Waals surface area contributed by atoms with Gasteiger partial charge in [0.2, 0.25) is 5.91 Å². The van der Waals surface area contributed by atoms with Crippen LogP contribution in [-0.4, -0.2) is 17.6 Å². The van der Waals surface area contributed by atoms with Gasteiger partial charge in [0.05, 0.1) is 5.76 Å². The maximum Gasteiger partial charge on any atom is 0.219 e. The number of hydrogen-bond donors (Lipinski definition) is 2. The summed E-state index contributed by atoms with van der Waals surface area (Å²) in [7, 11) is 0. The van der Waals surface area contributed by atoms with Crippen LogP contribution in [0.4, 0.5) is 0 Å². The van der Waals surface area contributed by atoms with Crippen LogP contribution >= 0.6 is 0 Å². The number of amides is 1. The Morgan fingerprint density at radius 1 is 0.708 bits per heavy atom. The molecule has 0 radical (unpaired) electrons. The van der Waals surface area contributed by atoms with Crippen molar-refractivity contribution >= 4 is 5.91 Å². The molecule has 3 nitrogen and oxygen atoms in total. The van der Waals surface area contributed by atoms with Crippen molar-refractivity contribution < 1.29 is 9.90 Å². The first kappa shape index (κ1) is 23.0. The Bertz CT molecular complexity index is 302. The van der Waals surface area contributed by atoms with E-state index >= 15 is 0 Å². The molecule has 0 fully saturated rings. The van der Waals surface area contributed by atoms with E-state index in [1.54, 1.807) is 0 Å². The average molecular weight is 340 g/mol. The van der Waals surface area contributed by atoms with Gasteiger partial charge < -0.3 is 10.4 Å². The van der Waals surface area contributed by atoms with Crippen LogP contribution in [0.15, 0.2) is 12.3 Å². The molecule has 142 valence electrons. The number of nitrogens with one attached hydrogen (secondary N) is 1. The lowest BCUT2D eigenvalue weighted by atomic mass is 10.0. The Balaban J connectivity index is 3.05. The van der Waals surface area contributed by atoms with Gasteiger partial charge in [0.25, 0.3) is 0 Å². The number of carbonyl (C=O) groups is 1. The van der Waals surface area contributed by atoms with Crippen LogP contribution in [0.3, 0.4) is 0 Å². The predicted molar refractivity (Wildman–Crippen MR) is 104 cm³/mol. The molecule has 0 unspecified atom stereocenters. The Labute approximate surface area is 150 Å². The van der Waals surface area contributed by atoms with Gasteiger partial charge in [-0.05, 0) is 19.8 Å². The molecule has 0 aromatic rings. The van der Waals surface area contributed by atoms with Gasteiger partial charge in [0.15, 0.2) is 0 Å². The van der Waals surface area contributed by atoms with E-state index in [2.05, 4.69) is 11.9 Å². The summed E-state index contributed by atoms with van der Waals surface area (Å²) < 4.78 is 0. The SMILES string of the molecule is C=C(O)CCCCCCCCCCCCCCCCC(=O)NCC. The van der Waals surface area contributed by atoms with Crippen molar-refractivity contribution in [2.45, 2.75) is 110 Å². The lowest BCUT2D eigenvalue weighted by Gasteiger charge is -2.04. The van der Waals surface area contributed by atoms with E-state index in [-0.39, 0.29) is 5.91 Å². The standard InChI is InChI=1S/C21H41NO2/c1-3-22-21(24)19-17-15-13-11-9-7-5-4-6-8-10-12-14-16-18-20(2)23/h23H,2-19H2,1H3,(H,22,24). The molecule has 0 atom stereocenters. The maximum absolute atomic E-state index is 11.3. The van der Waals surface area contributed by atoms with Crippen molar-refractivity contribution in [1.82, 2.24) is 5.32 Å². The zero-order chi connectivity index (χ0) is 17.9. The quantitative estimate of drug-likeness (QED) is 0.223. The maximum atomic E-state index is 11.3. The smallest absolute Gasteiger partial charge is 0.219 e. The second-order valence-corrected chi connectivity index (χ2v) is 6.97. The number of hydrogen-bond acceptors (Lipinski definition) is 2. The van der Waals surface area contributed by atoms with Crippen LogP contribution in [0.25, 0.3) is 0 Å². The summed E-state index contributed by atoms with van der Waals surface area (Å²) in [6.45, 7) is 6.23. The Kier molecular flexibility index (Phi) is 17.6. The highest BCUT2D eigenvalue weighted by molar-refractivity contribution is 5.75. The summed E-state index contributed by atoms with van der Waals surface area (Å²) in [6, 6.07) is 0. The number of carbonyl (C=O) groups excluding carboxylic acids is 1. The monoisotopic (exact) mass is 339 g/mol. The van der Waals surface area contributed by atoms with Gasteiger partial charge in [0.1, 0.15) is 0 Å². The second kappa shape index (κ2) is 18.4. The molecule has 2 N–H and O–H groups in total. The van der Waals surface area contributed by atoms with E-state index in [1.807, 2.05) is 6.92 Å². The fraction of sp³-hybridized carbons (Fsp3) is 0.857. The first-order valence-electron chi connectivity index (χ1n) is 10.3. The van der Waals surface area contributed by atoms with Gasteiger partial charge in [-0.15, -0.1) is 0 Å². The van der Waals surface area contributed by atoms with Crippen LogP contribution < -0.4 is 5.32 Å². The summed E-state index contributed by atoms with van der Waals surface area (Å²) in [4.78, 5) is 11.3. The summed E-state index contributed by atoms with van der Waals surface area (Å²) in [5.41, 5.74) is 0. The third kappa shape index (κ3) is 19.1. The minimum atomic E-state index is 0.205. The van der Waals surface area contributed by atoms with Gasteiger partial charge in [0, 0.05) is 19.4 Å². The summed E-state index contributed by atoms with van der Waals surface area (Å²) in [5.74, 6) is 0.536. The number of aliphatic hydroxyl groups is 1. The van der Waals surface area contributed by atoms with E-state index in [0.717, 1.165) is 25.8 Å². The molecular weight excluding hydrogens is 298 g/mol. The fourth-order valence-electron chi connectivity index (χ4n) is 3.02. The molecule has 0 aliphatic heterocycles. The van der Waals surface area contributed by atoms with E-state index in [4.69, 9.17) is 5.11 Å². The molecule has 0 aliphatic rings. The molecule has 0 saturated heterocycles. The molecular formula is C21H41NO2. The Morgan fingerprint density at radius 3 is 1.38 bits per heavy atom. The van der Waals surface area contributed by atoms with Crippen LogP contribution in [0.5, 0.6) is 0 Å².